The van der Waals surface area contributed by atoms with E-state index in [9.17, 15) is 19.2 Å². The summed E-state index contributed by atoms with van der Waals surface area (Å²) >= 11 is 0. The van der Waals surface area contributed by atoms with Gasteiger partial charge in [0.15, 0.2) is 6.10 Å². The van der Waals surface area contributed by atoms with E-state index in [1.165, 1.54) is 26.2 Å². The molecule has 3 amide bonds. The summed E-state index contributed by atoms with van der Waals surface area (Å²) in [6.45, 7) is 0.839. The van der Waals surface area contributed by atoms with Crippen LogP contribution in [-0.4, -0.2) is 48.3 Å². The molecule has 2 aromatic carbocycles. The largest absolute Gasteiger partial charge is 0.497 e. The molecule has 3 rings (SSSR count). The summed E-state index contributed by atoms with van der Waals surface area (Å²) in [7, 11) is 1.53. The fourth-order valence-corrected chi connectivity index (χ4v) is 2.72. The molecule has 8 nitrogen and oxygen atoms in total. The fourth-order valence-electron chi connectivity index (χ4n) is 2.72. The number of imide groups is 1. The van der Waals surface area contributed by atoms with Crippen LogP contribution in [0.3, 0.4) is 0 Å². The number of carbonyl (C=O) groups is 4. The number of esters is 1. The second-order valence-electron chi connectivity index (χ2n) is 6.09. The third-order valence-corrected chi connectivity index (χ3v) is 4.20. The van der Waals surface area contributed by atoms with Gasteiger partial charge in [-0.05, 0) is 43.3 Å². The predicted molar refractivity (Wildman–Crippen MR) is 99.0 cm³/mol. The fraction of sp³-hybridized carbons (Fsp3) is 0.200. The lowest BCUT2D eigenvalue weighted by Gasteiger charge is -2.16. The molecule has 0 unspecified atom stereocenters. The molecule has 1 aliphatic heterocycles. The van der Waals surface area contributed by atoms with E-state index < -0.39 is 36.3 Å². The molecule has 28 heavy (non-hydrogen) atoms. The monoisotopic (exact) mass is 382 g/mol. The highest BCUT2D eigenvalue weighted by Crippen LogP contribution is 2.22. The van der Waals surface area contributed by atoms with Crippen LogP contribution in [0.2, 0.25) is 0 Å². The number of methoxy groups -OCH3 is 1. The molecule has 2 aromatic rings. The highest BCUT2D eigenvalue weighted by Gasteiger charge is 2.37. The number of amides is 3. The van der Waals surface area contributed by atoms with Crippen LogP contribution in [0.4, 0.5) is 5.69 Å². The summed E-state index contributed by atoms with van der Waals surface area (Å²) in [5.74, 6) is -1.88. The van der Waals surface area contributed by atoms with E-state index in [2.05, 4.69) is 5.32 Å². The van der Waals surface area contributed by atoms with Crippen LogP contribution in [0.1, 0.15) is 27.6 Å². The Labute approximate surface area is 161 Å². The minimum absolute atomic E-state index is 0.241. The molecule has 8 heteroatoms. The highest BCUT2D eigenvalue weighted by atomic mass is 16.5. The maximum Gasteiger partial charge on any atom is 0.326 e. The zero-order valence-corrected chi connectivity index (χ0v) is 15.3. The zero-order valence-electron chi connectivity index (χ0n) is 15.3. The maximum atomic E-state index is 12.3. The average molecular weight is 382 g/mol. The molecule has 0 aromatic heterocycles. The van der Waals surface area contributed by atoms with E-state index in [1.54, 1.807) is 36.4 Å². The van der Waals surface area contributed by atoms with Crippen LogP contribution < -0.4 is 10.1 Å². The zero-order chi connectivity index (χ0) is 20.3. The molecule has 0 saturated heterocycles. The van der Waals surface area contributed by atoms with Gasteiger partial charge in [0.1, 0.15) is 12.3 Å². The first kappa shape index (κ1) is 19.1. The van der Waals surface area contributed by atoms with Crippen molar-refractivity contribution < 1.29 is 28.7 Å². The summed E-state index contributed by atoms with van der Waals surface area (Å²) in [6.07, 6.45) is -1.11. The second-order valence-corrected chi connectivity index (χ2v) is 6.09. The van der Waals surface area contributed by atoms with Crippen molar-refractivity contribution in [2.24, 2.45) is 0 Å². The average Bonchev–Trinajstić information content (AvgIpc) is 2.93. The van der Waals surface area contributed by atoms with Gasteiger partial charge in [0.05, 0.1) is 18.2 Å². The molecular weight excluding hydrogens is 364 g/mol. The van der Waals surface area contributed by atoms with Crippen LogP contribution in [0.25, 0.3) is 0 Å². The van der Waals surface area contributed by atoms with Gasteiger partial charge in [-0.15, -0.1) is 0 Å². The smallest absolute Gasteiger partial charge is 0.326 e. The highest BCUT2D eigenvalue weighted by molar-refractivity contribution is 6.22. The number of hydrogen-bond acceptors (Lipinski definition) is 6. The van der Waals surface area contributed by atoms with Crippen LogP contribution in [0, 0.1) is 0 Å². The van der Waals surface area contributed by atoms with Gasteiger partial charge in [-0.3, -0.25) is 24.1 Å². The van der Waals surface area contributed by atoms with E-state index in [0.29, 0.717) is 11.4 Å². The lowest BCUT2D eigenvalue weighted by atomic mass is 10.1. The summed E-state index contributed by atoms with van der Waals surface area (Å²) < 4.78 is 10.1. The molecule has 144 valence electrons. The van der Waals surface area contributed by atoms with Gasteiger partial charge in [-0.2, -0.15) is 0 Å². The topological polar surface area (TPSA) is 102 Å². The molecule has 0 radical (unpaired) electrons. The molecule has 0 aliphatic carbocycles. The Bertz CT molecular complexity index is 903. The van der Waals surface area contributed by atoms with E-state index in [-0.39, 0.29) is 11.1 Å². The summed E-state index contributed by atoms with van der Waals surface area (Å²) in [5.41, 5.74) is 0.991. The molecular formula is C20H18N2O6. The first-order valence-electron chi connectivity index (χ1n) is 8.50. The minimum Gasteiger partial charge on any atom is -0.497 e. The Kier molecular flexibility index (Phi) is 5.39. The van der Waals surface area contributed by atoms with Crippen LogP contribution in [0.5, 0.6) is 5.75 Å². The van der Waals surface area contributed by atoms with Gasteiger partial charge in [-0.1, -0.05) is 12.1 Å². The van der Waals surface area contributed by atoms with Crippen molar-refractivity contribution in [1.29, 1.82) is 0 Å². The van der Waals surface area contributed by atoms with Gasteiger partial charge < -0.3 is 14.8 Å². The van der Waals surface area contributed by atoms with Crippen molar-refractivity contribution in [2.45, 2.75) is 13.0 Å². The number of ether oxygens (including phenoxy) is 2. The van der Waals surface area contributed by atoms with Gasteiger partial charge in [0.2, 0.25) is 0 Å². The Morgan fingerprint density at radius 1 is 1.00 bits per heavy atom. The molecule has 0 bridgehead atoms. The Balaban J connectivity index is 1.56. The Morgan fingerprint density at radius 3 is 2.11 bits per heavy atom. The van der Waals surface area contributed by atoms with Gasteiger partial charge in [0.25, 0.3) is 17.7 Å². The number of hydrogen-bond donors (Lipinski definition) is 1. The summed E-state index contributed by atoms with van der Waals surface area (Å²) in [5, 5.41) is 2.60. The minimum atomic E-state index is -1.11. The first-order valence-corrected chi connectivity index (χ1v) is 8.50. The van der Waals surface area contributed by atoms with Gasteiger partial charge >= 0.3 is 5.97 Å². The molecule has 1 N–H and O–H groups in total. The lowest BCUT2D eigenvalue weighted by molar-refractivity contribution is -0.153. The third kappa shape index (κ3) is 3.85. The van der Waals surface area contributed by atoms with Crippen LogP contribution in [-0.2, 0) is 14.3 Å². The number of benzene rings is 2. The van der Waals surface area contributed by atoms with E-state index in [0.717, 1.165) is 4.90 Å². The number of nitrogens with zero attached hydrogens (tertiary/aromatic N) is 1. The van der Waals surface area contributed by atoms with Crippen LogP contribution >= 0.6 is 0 Å². The van der Waals surface area contributed by atoms with E-state index in [1.807, 2.05) is 0 Å². The number of carbonyl (C=O) groups excluding carboxylic acids is 4. The molecule has 1 heterocycles. The summed E-state index contributed by atoms with van der Waals surface area (Å²) in [6, 6.07) is 12.9. The second kappa shape index (κ2) is 7.91. The molecule has 0 spiro atoms. The predicted octanol–water partition coefficient (Wildman–Crippen LogP) is 1.86. The van der Waals surface area contributed by atoms with Gasteiger partial charge in [-0.25, -0.2) is 0 Å². The van der Waals surface area contributed by atoms with Crippen molar-refractivity contribution in [3.8, 4) is 5.75 Å². The molecule has 0 saturated carbocycles. The SMILES string of the molecule is COc1ccc(NC(=O)[C@H](C)OC(=O)CN2C(=O)c3ccccc3C2=O)cc1. The van der Waals surface area contributed by atoms with Crippen LogP contribution in [0.15, 0.2) is 48.5 Å². The van der Waals surface area contributed by atoms with Crippen molar-refractivity contribution in [3.05, 3.63) is 59.7 Å². The summed E-state index contributed by atoms with van der Waals surface area (Å²) in [4.78, 5) is 49.6. The number of nitrogens with one attached hydrogen (secondary N) is 1. The number of rotatable bonds is 6. The Morgan fingerprint density at radius 2 is 1.57 bits per heavy atom. The lowest BCUT2D eigenvalue weighted by Crippen LogP contribution is -2.38. The van der Waals surface area contributed by atoms with E-state index in [4.69, 9.17) is 9.47 Å². The normalized spacial score (nSPS) is 13.7. The standard InChI is InChI=1S/C20H18N2O6/c1-12(18(24)21-13-7-9-14(27-2)10-8-13)28-17(23)11-22-19(25)15-5-3-4-6-16(15)20(22)26/h3-10,12H,11H2,1-2H3,(H,21,24)/t12-/m0/s1. The van der Waals surface area contributed by atoms with E-state index >= 15 is 0 Å². The Hall–Kier alpha value is -3.68. The third-order valence-electron chi connectivity index (χ3n) is 4.20. The van der Waals surface area contributed by atoms with Crippen molar-refractivity contribution >= 4 is 29.4 Å². The molecule has 1 atom stereocenters. The quantitative estimate of drug-likeness (QED) is 0.604. The maximum absolute atomic E-state index is 12.3. The number of anilines is 1. The first-order chi connectivity index (χ1) is 13.4. The van der Waals surface area contributed by atoms with Crippen molar-refractivity contribution in [2.75, 3.05) is 19.0 Å². The number of fused-ring (bicyclic) bond motifs is 1. The molecule has 0 fully saturated rings. The van der Waals surface area contributed by atoms with Crippen molar-refractivity contribution in [3.63, 3.8) is 0 Å². The van der Waals surface area contributed by atoms with Gasteiger partial charge in [0, 0.05) is 5.69 Å². The van der Waals surface area contributed by atoms with Crippen molar-refractivity contribution in [1.82, 2.24) is 4.90 Å². The molecule has 1 aliphatic rings.